The molecule has 0 amide bonds. The fourth-order valence-electron chi connectivity index (χ4n) is 3.23. The fourth-order valence-corrected chi connectivity index (χ4v) is 11.9. The fraction of sp³-hybridized carbons (Fsp3) is 0.900. The van der Waals surface area contributed by atoms with Gasteiger partial charge in [-0.05, 0) is 36.6 Å². The number of unbranched alkanes of at least 4 members (excludes halogenated alkanes) is 4. The summed E-state index contributed by atoms with van der Waals surface area (Å²) in [4.78, 5) is 0. The highest BCUT2D eigenvalue weighted by Crippen LogP contribution is 2.32. The Labute approximate surface area is 164 Å². The molecule has 0 saturated carbocycles. The Hall–Kier alpha value is 0.754. The van der Waals surface area contributed by atoms with Gasteiger partial charge in [0.05, 0.1) is 0 Å². The van der Waals surface area contributed by atoms with E-state index in [4.69, 9.17) is 22.2 Å². The summed E-state index contributed by atoms with van der Waals surface area (Å²) in [5, 5.41) is 0. The van der Waals surface area contributed by atoms with Crippen molar-refractivity contribution in [3.8, 4) is 0 Å². The van der Waals surface area contributed by atoms with Crippen LogP contribution in [0.1, 0.15) is 85.5 Å². The van der Waals surface area contributed by atoms with Gasteiger partial charge < -0.3 is 0 Å². The van der Waals surface area contributed by atoms with Gasteiger partial charge in [0.15, 0.2) is 14.8 Å². The van der Waals surface area contributed by atoms with Crippen LogP contribution in [0.15, 0.2) is 11.8 Å². The lowest BCUT2D eigenvalue weighted by atomic mass is 10.4. The predicted octanol–water partition coefficient (Wildman–Crippen LogP) is 9.04. The molecule has 0 rings (SSSR count). The average Bonchev–Trinajstić information content (AvgIpc) is 2.59. The van der Waals surface area contributed by atoms with Crippen LogP contribution in [0.4, 0.5) is 0 Å². The highest BCUT2D eigenvalue weighted by Gasteiger charge is 2.29. The van der Waals surface area contributed by atoms with Crippen LogP contribution < -0.4 is 0 Å². The lowest BCUT2D eigenvalue weighted by molar-refractivity contribution is 0.829. The van der Waals surface area contributed by atoms with Gasteiger partial charge in [0.2, 0.25) is 0 Å². The molecule has 0 aromatic carbocycles. The molecule has 0 saturated heterocycles. The molecule has 0 fully saturated rings. The second kappa shape index (κ2) is 14.9. The maximum absolute atomic E-state index is 7.10. The van der Waals surface area contributed by atoms with Crippen LogP contribution in [-0.4, -0.2) is 14.8 Å². The standard InChI is InChI=1S/C20H42Cl2Si2/c1-5-9-15-23(21,16-10-6-2)19-13-14-20-24(22,17-11-7-3)18-12-8-4/h13,19H,5-12,14-18,20H2,1-4H3. The number of rotatable bonds is 16. The average molecular weight is 410 g/mol. The van der Waals surface area contributed by atoms with E-state index in [0.29, 0.717) is 0 Å². The smallest absolute Gasteiger partial charge is 0.167 e. The van der Waals surface area contributed by atoms with Gasteiger partial charge >= 0.3 is 0 Å². The normalized spacial score (nSPS) is 13.1. The van der Waals surface area contributed by atoms with E-state index >= 15 is 0 Å². The molecule has 0 unspecified atom stereocenters. The van der Waals surface area contributed by atoms with Crippen molar-refractivity contribution < 1.29 is 0 Å². The number of hydrogen-bond donors (Lipinski definition) is 0. The number of allylic oxidation sites excluding steroid dienone is 1. The summed E-state index contributed by atoms with van der Waals surface area (Å²) < 4.78 is 0. The summed E-state index contributed by atoms with van der Waals surface area (Å²) in [6.45, 7) is 9.09. The quantitative estimate of drug-likeness (QED) is 0.176. The molecule has 0 aliphatic carbocycles. The molecule has 0 N–H and O–H groups in total. The molecule has 0 bridgehead atoms. The van der Waals surface area contributed by atoms with E-state index in [1.807, 2.05) is 0 Å². The van der Waals surface area contributed by atoms with Crippen LogP contribution in [0.25, 0.3) is 0 Å². The minimum atomic E-state index is -1.67. The van der Waals surface area contributed by atoms with Crippen LogP contribution in [0.3, 0.4) is 0 Å². The van der Waals surface area contributed by atoms with E-state index in [1.54, 1.807) is 0 Å². The van der Waals surface area contributed by atoms with Gasteiger partial charge in [-0.15, -0.1) is 0 Å². The molecule has 0 heterocycles. The molecule has 0 radical (unpaired) electrons. The maximum atomic E-state index is 7.10. The van der Waals surface area contributed by atoms with E-state index in [9.17, 15) is 0 Å². The van der Waals surface area contributed by atoms with Crippen LogP contribution in [0.5, 0.6) is 0 Å². The molecule has 144 valence electrons. The summed E-state index contributed by atoms with van der Waals surface area (Å²) in [6, 6.07) is 6.34. The zero-order valence-corrected chi connectivity index (χ0v) is 20.3. The van der Waals surface area contributed by atoms with E-state index in [2.05, 4.69) is 39.5 Å². The summed E-state index contributed by atoms with van der Waals surface area (Å²) in [5.41, 5.74) is 2.45. The molecular formula is C20H42Cl2Si2. The van der Waals surface area contributed by atoms with Crippen LogP contribution in [0.2, 0.25) is 30.2 Å². The van der Waals surface area contributed by atoms with Crippen molar-refractivity contribution in [1.82, 2.24) is 0 Å². The second-order valence-electron chi connectivity index (χ2n) is 7.54. The Morgan fingerprint density at radius 3 is 1.46 bits per heavy atom. The first-order valence-electron chi connectivity index (χ1n) is 10.5. The van der Waals surface area contributed by atoms with Crippen molar-refractivity contribution in [3.63, 3.8) is 0 Å². The first kappa shape index (κ1) is 24.8. The number of hydrogen-bond acceptors (Lipinski definition) is 0. The molecule has 0 spiro atoms. The lowest BCUT2D eigenvalue weighted by Crippen LogP contribution is -2.27. The lowest BCUT2D eigenvalue weighted by Gasteiger charge is -2.24. The van der Waals surface area contributed by atoms with Crippen molar-refractivity contribution >= 4 is 36.9 Å². The molecule has 0 aliphatic rings. The first-order valence-corrected chi connectivity index (χ1v) is 17.6. The molecule has 0 nitrogen and oxygen atoms in total. The van der Waals surface area contributed by atoms with Gasteiger partial charge in [0.1, 0.15) is 0 Å². The summed E-state index contributed by atoms with van der Waals surface area (Å²) in [5.74, 6) is 0. The maximum Gasteiger partial charge on any atom is 0.179 e. The molecule has 24 heavy (non-hydrogen) atoms. The Kier molecular flexibility index (Phi) is 15.3. The molecule has 0 aromatic heterocycles. The van der Waals surface area contributed by atoms with Crippen molar-refractivity contribution in [3.05, 3.63) is 11.8 Å². The molecule has 0 atom stereocenters. The third kappa shape index (κ3) is 12.2. The Bertz CT molecular complexity index is 303. The van der Waals surface area contributed by atoms with Crippen molar-refractivity contribution in [1.29, 1.82) is 0 Å². The van der Waals surface area contributed by atoms with Crippen molar-refractivity contribution in [2.45, 2.75) is 116 Å². The van der Waals surface area contributed by atoms with E-state index in [-0.39, 0.29) is 0 Å². The highest BCUT2D eigenvalue weighted by molar-refractivity contribution is 7.23. The third-order valence-corrected chi connectivity index (χ3v) is 15.1. The topological polar surface area (TPSA) is 0 Å². The van der Waals surface area contributed by atoms with E-state index in [0.717, 1.165) is 6.42 Å². The summed E-state index contributed by atoms with van der Waals surface area (Å²) in [7, 11) is -3.22. The van der Waals surface area contributed by atoms with Gasteiger partial charge in [-0.2, -0.15) is 22.2 Å². The third-order valence-electron chi connectivity index (χ3n) is 5.02. The highest BCUT2D eigenvalue weighted by atomic mass is 35.6. The monoisotopic (exact) mass is 408 g/mol. The minimum Gasteiger partial charge on any atom is -0.167 e. The molecule has 0 aromatic rings. The van der Waals surface area contributed by atoms with E-state index < -0.39 is 14.8 Å². The van der Waals surface area contributed by atoms with Gasteiger partial charge in [-0.25, -0.2) is 0 Å². The summed E-state index contributed by atoms with van der Waals surface area (Å²) in [6.07, 6.45) is 13.8. The predicted molar refractivity (Wildman–Crippen MR) is 121 cm³/mol. The largest absolute Gasteiger partial charge is 0.179 e. The first-order chi connectivity index (χ1) is 11.4. The van der Waals surface area contributed by atoms with Gasteiger partial charge in [0.25, 0.3) is 0 Å². The zero-order valence-electron chi connectivity index (χ0n) is 16.8. The Balaban J connectivity index is 4.56. The van der Waals surface area contributed by atoms with Crippen LogP contribution in [-0.2, 0) is 0 Å². The minimum absolute atomic E-state index is 1.16. The molecular weight excluding hydrogens is 367 g/mol. The zero-order chi connectivity index (χ0) is 18.3. The second-order valence-corrected chi connectivity index (χ2v) is 19.4. The Morgan fingerprint density at radius 2 is 1.04 bits per heavy atom. The summed E-state index contributed by atoms with van der Waals surface area (Å²) >= 11 is 14.1. The van der Waals surface area contributed by atoms with Gasteiger partial charge in [-0.3, -0.25) is 0 Å². The molecule has 0 aliphatic heterocycles. The van der Waals surface area contributed by atoms with Crippen molar-refractivity contribution in [2.75, 3.05) is 0 Å². The van der Waals surface area contributed by atoms with Gasteiger partial charge in [-0.1, -0.05) is 90.8 Å². The SMILES string of the molecule is CCCC[Si](Cl)(C=CCC[Si](Cl)(CCCC)CCCC)CCCC. The van der Waals surface area contributed by atoms with Gasteiger partial charge in [0, 0.05) is 0 Å². The molecule has 4 heteroatoms. The Morgan fingerprint density at radius 1 is 0.625 bits per heavy atom. The van der Waals surface area contributed by atoms with Crippen LogP contribution >= 0.6 is 22.2 Å². The number of halogens is 2. The van der Waals surface area contributed by atoms with E-state index in [1.165, 1.54) is 81.6 Å². The van der Waals surface area contributed by atoms with Crippen molar-refractivity contribution in [2.24, 2.45) is 0 Å². The van der Waals surface area contributed by atoms with Crippen LogP contribution in [0, 0.1) is 0 Å².